The van der Waals surface area contributed by atoms with Crippen molar-refractivity contribution in [3.05, 3.63) is 53.9 Å². The molecular formula is C21H24F2N4O2. The smallest absolute Gasteiger partial charge is 0.237 e. The average Bonchev–Trinajstić information content (AvgIpc) is 3.02. The van der Waals surface area contributed by atoms with Crippen molar-refractivity contribution in [2.75, 3.05) is 13.2 Å². The third-order valence-electron chi connectivity index (χ3n) is 4.57. The SMILES string of the molecule is CCOCCn1c(CNC(=O)[C@H](C)N)nc2cc(F)c(-c3ccc(F)cc3)cc21. The van der Waals surface area contributed by atoms with Gasteiger partial charge in [-0.05, 0) is 37.6 Å². The van der Waals surface area contributed by atoms with Crippen LogP contribution in [0.1, 0.15) is 19.7 Å². The van der Waals surface area contributed by atoms with Crippen LogP contribution in [0.25, 0.3) is 22.2 Å². The largest absolute Gasteiger partial charge is 0.380 e. The molecule has 0 unspecified atom stereocenters. The molecule has 0 saturated carbocycles. The first-order valence-corrected chi connectivity index (χ1v) is 9.46. The van der Waals surface area contributed by atoms with E-state index in [4.69, 9.17) is 10.5 Å². The van der Waals surface area contributed by atoms with Gasteiger partial charge in [0.1, 0.15) is 17.5 Å². The molecule has 3 rings (SSSR count). The number of nitrogens with zero attached hydrogens (tertiary/aromatic N) is 2. The number of benzene rings is 2. The minimum Gasteiger partial charge on any atom is -0.380 e. The monoisotopic (exact) mass is 402 g/mol. The summed E-state index contributed by atoms with van der Waals surface area (Å²) >= 11 is 0. The van der Waals surface area contributed by atoms with Gasteiger partial charge in [0.15, 0.2) is 0 Å². The molecule has 0 saturated heterocycles. The summed E-state index contributed by atoms with van der Waals surface area (Å²) in [5, 5.41) is 2.73. The number of halogens is 2. The number of ether oxygens (including phenoxy) is 1. The summed E-state index contributed by atoms with van der Waals surface area (Å²) in [6.45, 7) is 5.16. The molecule has 3 aromatic rings. The van der Waals surface area contributed by atoms with Gasteiger partial charge in [-0.2, -0.15) is 0 Å². The molecule has 3 N–H and O–H groups in total. The summed E-state index contributed by atoms with van der Waals surface area (Å²) in [5.74, 6) is -0.565. The Bertz CT molecular complexity index is 1000. The predicted octanol–water partition coefficient (Wildman–Crippen LogP) is 2.98. The Balaban J connectivity index is 2.02. The molecule has 0 bridgehead atoms. The normalized spacial score (nSPS) is 12.3. The van der Waals surface area contributed by atoms with Crippen molar-refractivity contribution in [1.29, 1.82) is 0 Å². The Hall–Kier alpha value is -2.84. The molecule has 0 aliphatic heterocycles. The van der Waals surface area contributed by atoms with Gasteiger partial charge in [0, 0.05) is 24.8 Å². The maximum Gasteiger partial charge on any atom is 0.237 e. The van der Waals surface area contributed by atoms with Gasteiger partial charge in [-0.3, -0.25) is 4.79 Å². The Morgan fingerprint density at radius 3 is 2.66 bits per heavy atom. The van der Waals surface area contributed by atoms with E-state index in [1.165, 1.54) is 30.3 Å². The lowest BCUT2D eigenvalue weighted by atomic mass is 10.0. The number of aromatic nitrogens is 2. The second kappa shape index (κ2) is 9.11. The number of hydrogen-bond donors (Lipinski definition) is 2. The quantitative estimate of drug-likeness (QED) is 0.568. The van der Waals surface area contributed by atoms with Crippen LogP contribution in [-0.4, -0.2) is 34.7 Å². The molecule has 2 aromatic carbocycles. The molecule has 154 valence electrons. The van der Waals surface area contributed by atoms with Gasteiger partial charge in [0.2, 0.25) is 5.91 Å². The lowest BCUT2D eigenvalue weighted by Gasteiger charge is -2.12. The number of nitrogens with one attached hydrogen (secondary N) is 1. The van der Waals surface area contributed by atoms with Gasteiger partial charge >= 0.3 is 0 Å². The van der Waals surface area contributed by atoms with Gasteiger partial charge in [-0.15, -0.1) is 0 Å². The van der Waals surface area contributed by atoms with Crippen LogP contribution in [0.4, 0.5) is 8.78 Å². The van der Waals surface area contributed by atoms with Crippen molar-refractivity contribution in [2.24, 2.45) is 5.73 Å². The molecule has 1 aromatic heterocycles. The van der Waals surface area contributed by atoms with E-state index in [0.29, 0.717) is 47.7 Å². The molecule has 0 fully saturated rings. The minimum atomic E-state index is -0.640. The van der Waals surface area contributed by atoms with E-state index in [9.17, 15) is 13.6 Å². The average molecular weight is 402 g/mol. The minimum absolute atomic E-state index is 0.161. The van der Waals surface area contributed by atoms with Crippen molar-refractivity contribution in [2.45, 2.75) is 33.0 Å². The van der Waals surface area contributed by atoms with Crippen LogP contribution in [0.2, 0.25) is 0 Å². The third-order valence-corrected chi connectivity index (χ3v) is 4.57. The highest BCUT2D eigenvalue weighted by Gasteiger charge is 2.17. The van der Waals surface area contributed by atoms with E-state index in [-0.39, 0.29) is 18.3 Å². The molecule has 29 heavy (non-hydrogen) atoms. The lowest BCUT2D eigenvalue weighted by molar-refractivity contribution is -0.122. The fourth-order valence-corrected chi connectivity index (χ4v) is 3.06. The highest BCUT2D eigenvalue weighted by molar-refractivity contribution is 5.84. The molecule has 6 nitrogen and oxygen atoms in total. The van der Waals surface area contributed by atoms with E-state index in [0.717, 1.165) is 0 Å². The molecule has 0 spiro atoms. The first-order valence-electron chi connectivity index (χ1n) is 9.46. The van der Waals surface area contributed by atoms with Crippen molar-refractivity contribution < 1.29 is 18.3 Å². The first kappa shape index (κ1) is 20.9. The number of hydrogen-bond acceptors (Lipinski definition) is 4. The van der Waals surface area contributed by atoms with Gasteiger partial charge in [-0.25, -0.2) is 13.8 Å². The van der Waals surface area contributed by atoms with Crippen LogP contribution < -0.4 is 11.1 Å². The maximum atomic E-state index is 14.7. The molecule has 0 aliphatic carbocycles. The van der Waals surface area contributed by atoms with Gasteiger partial charge in [0.05, 0.1) is 30.2 Å². The fraction of sp³-hybridized carbons (Fsp3) is 0.333. The lowest BCUT2D eigenvalue weighted by Crippen LogP contribution is -2.38. The van der Waals surface area contributed by atoms with Gasteiger partial charge < -0.3 is 20.4 Å². The second-order valence-electron chi connectivity index (χ2n) is 6.71. The van der Waals surface area contributed by atoms with Crippen LogP contribution in [0.5, 0.6) is 0 Å². The summed E-state index contributed by atoms with van der Waals surface area (Å²) in [5.41, 5.74) is 7.68. The number of carbonyl (C=O) groups excluding carboxylic acids is 1. The van der Waals surface area contributed by atoms with Crippen molar-refractivity contribution in [3.63, 3.8) is 0 Å². The summed E-state index contributed by atoms with van der Waals surface area (Å²) in [6, 6.07) is 8.05. The Morgan fingerprint density at radius 1 is 1.28 bits per heavy atom. The third kappa shape index (κ3) is 4.78. The highest BCUT2D eigenvalue weighted by Crippen LogP contribution is 2.28. The standard InChI is InChI=1S/C21H24F2N4O2/c1-3-29-9-8-27-19-10-16(14-4-6-15(22)7-5-14)17(23)11-18(19)26-20(27)12-25-21(28)13(2)24/h4-7,10-11,13H,3,8-9,12,24H2,1-2H3,(H,25,28)/t13-/m0/s1. The topological polar surface area (TPSA) is 82.2 Å². The molecule has 0 radical (unpaired) electrons. The van der Waals surface area contributed by atoms with Crippen molar-refractivity contribution >= 4 is 16.9 Å². The number of amides is 1. The van der Waals surface area contributed by atoms with Gasteiger partial charge in [0.25, 0.3) is 0 Å². The van der Waals surface area contributed by atoms with Crippen molar-refractivity contribution in [1.82, 2.24) is 14.9 Å². The molecule has 0 aliphatic rings. The summed E-state index contributed by atoms with van der Waals surface area (Å²) in [4.78, 5) is 16.3. The maximum absolute atomic E-state index is 14.7. The van der Waals surface area contributed by atoms with Crippen LogP contribution in [0.3, 0.4) is 0 Å². The summed E-state index contributed by atoms with van der Waals surface area (Å²) < 4.78 is 35.3. The molecular weight excluding hydrogens is 378 g/mol. The highest BCUT2D eigenvalue weighted by atomic mass is 19.1. The van der Waals surface area contributed by atoms with E-state index in [1.807, 2.05) is 11.5 Å². The first-order chi connectivity index (χ1) is 13.9. The summed E-state index contributed by atoms with van der Waals surface area (Å²) in [6.07, 6.45) is 0. The zero-order valence-corrected chi connectivity index (χ0v) is 16.4. The van der Waals surface area contributed by atoms with Crippen LogP contribution in [0.15, 0.2) is 36.4 Å². The number of imidazole rings is 1. The van der Waals surface area contributed by atoms with Crippen molar-refractivity contribution in [3.8, 4) is 11.1 Å². The Labute approximate surface area is 167 Å². The number of carbonyl (C=O) groups is 1. The van der Waals surface area contributed by atoms with Crippen LogP contribution in [-0.2, 0) is 22.6 Å². The molecule has 1 amide bonds. The molecule has 1 atom stereocenters. The Morgan fingerprint density at radius 2 is 2.00 bits per heavy atom. The Kier molecular flexibility index (Phi) is 6.56. The van der Waals surface area contributed by atoms with E-state index in [2.05, 4.69) is 10.3 Å². The molecule has 8 heteroatoms. The van der Waals surface area contributed by atoms with E-state index < -0.39 is 11.9 Å². The zero-order valence-electron chi connectivity index (χ0n) is 16.4. The number of nitrogens with two attached hydrogens (primary N) is 1. The zero-order chi connectivity index (χ0) is 21.0. The number of fused-ring (bicyclic) bond motifs is 1. The second-order valence-corrected chi connectivity index (χ2v) is 6.71. The van der Waals surface area contributed by atoms with E-state index in [1.54, 1.807) is 13.0 Å². The van der Waals surface area contributed by atoms with Gasteiger partial charge in [-0.1, -0.05) is 12.1 Å². The predicted molar refractivity (Wildman–Crippen MR) is 107 cm³/mol. The van der Waals surface area contributed by atoms with Crippen LogP contribution >= 0.6 is 0 Å². The summed E-state index contributed by atoms with van der Waals surface area (Å²) in [7, 11) is 0. The molecule has 1 heterocycles. The fourth-order valence-electron chi connectivity index (χ4n) is 3.06. The van der Waals surface area contributed by atoms with E-state index >= 15 is 0 Å². The van der Waals surface area contributed by atoms with Crippen LogP contribution in [0, 0.1) is 11.6 Å². The number of rotatable bonds is 8.